The molecule has 22 heavy (non-hydrogen) atoms. The van der Waals surface area contributed by atoms with E-state index in [9.17, 15) is 19.7 Å². The molecule has 0 atom stereocenters. The number of anilines is 1. The predicted molar refractivity (Wildman–Crippen MR) is 78.2 cm³/mol. The maximum atomic E-state index is 11.8. The number of hydrogen-bond donors (Lipinski definition) is 3. The molecule has 3 N–H and O–H groups in total. The Morgan fingerprint density at radius 1 is 1.36 bits per heavy atom. The summed E-state index contributed by atoms with van der Waals surface area (Å²) in [6.07, 6.45) is 1.60. The smallest absolute Gasteiger partial charge is 0.313 e. The molecule has 1 aromatic rings. The third-order valence-electron chi connectivity index (χ3n) is 3.72. The van der Waals surface area contributed by atoms with Gasteiger partial charge < -0.3 is 15.7 Å². The third kappa shape index (κ3) is 3.59. The van der Waals surface area contributed by atoms with Gasteiger partial charge in [-0.15, -0.1) is 0 Å². The van der Waals surface area contributed by atoms with Crippen molar-refractivity contribution in [3.8, 4) is 0 Å². The Balaban J connectivity index is 1.99. The van der Waals surface area contributed by atoms with Gasteiger partial charge in [-0.25, -0.2) is 0 Å². The van der Waals surface area contributed by atoms with Crippen LogP contribution in [0.5, 0.6) is 0 Å². The minimum absolute atomic E-state index is 0.0287. The highest BCUT2D eigenvalue weighted by Gasteiger charge is 2.42. The maximum absolute atomic E-state index is 11.8. The average molecular weight is 307 g/mol. The van der Waals surface area contributed by atoms with Gasteiger partial charge in [0.1, 0.15) is 5.69 Å². The number of amides is 2. The van der Waals surface area contributed by atoms with Crippen molar-refractivity contribution < 1.29 is 19.6 Å². The zero-order valence-electron chi connectivity index (χ0n) is 12.1. The maximum Gasteiger partial charge on any atom is 0.313 e. The van der Waals surface area contributed by atoms with Crippen molar-refractivity contribution in [1.82, 2.24) is 5.32 Å². The number of rotatable bonds is 5. The number of carbonyl (C=O) groups is 2. The van der Waals surface area contributed by atoms with E-state index in [-0.39, 0.29) is 29.9 Å². The molecule has 0 spiro atoms. The highest BCUT2D eigenvalue weighted by molar-refractivity contribution is 6.39. The van der Waals surface area contributed by atoms with E-state index >= 15 is 0 Å². The second-order valence-electron chi connectivity index (χ2n) is 5.57. The molecule has 0 bridgehead atoms. The molecule has 0 unspecified atom stereocenters. The number of benzene rings is 1. The molecule has 2 amide bonds. The van der Waals surface area contributed by atoms with Gasteiger partial charge >= 0.3 is 11.8 Å². The van der Waals surface area contributed by atoms with E-state index in [4.69, 9.17) is 5.11 Å². The Bertz CT molecular complexity index is 625. The molecule has 1 fully saturated rings. The molecular formula is C14H17N3O5. The monoisotopic (exact) mass is 307 g/mol. The van der Waals surface area contributed by atoms with Gasteiger partial charge in [-0.3, -0.25) is 19.7 Å². The van der Waals surface area contributed by atoms with E-state index in [0.717, 1.165) is 12.8 Å². The lowest BCUT2D eigenvalue weighted by molar-refractivity contribution is -0.384. The van der Waals surface area contributed by atoms with Gasteiger partial charge in [0, 0.05) is 18.0 Å². The first-order valence-corrected chi connectivity index (χ1v) is 6.82. The number of nitro groups is 1. The van der Waals surface area contributed by atoms with E-state index in [1.807, 2.05) is 0 Å². The first-order valence-electron chi connectivity index (χ1n) is 6.82. The lowest BCUT2D eigenvalue weighted by Crippen LogP contribution is -2.39. The number of aliphatic hydroxyl groups is 1. The largest absolute Gasteiger partial charge is 0.396 e. The molecule has 1 aliphatic rings. The molecule has 1 aromatic carbocycles. The fraction of sp³-hybridized carbons (Fsp3) is 0.429. The number of aryl methyl sites for hydroxylation is 1. The first kappa shape index (κ1) is 15.9. The normalized spacial score (nSPS) is 15.0. The summed E-state index contributed by atoms with van der Waals surface area (Å²) in [5, 5.41) is 24.8. The fourth-order valence-corrected chi connectivity index (χ4v) is 1.99. The number of aliphatic hydroxyl groups excluding tert-OH is 1. The van der Waals surface area contributed by atoms with Gasteiger partial charge in [-0.1, -0.05) is 6.07 Å². The summed E-state index contributed by atoms with van der Waals surface area (Å²) in [6, 6.07) is 4.30. The molecule has 0 saturated heterocycles. The van der Waals surface area contributed by atoms with Crippen LogP contribution in [0.25, 0.3) is 0 Å². The summed E-state index contributed by atoms with van der Waals surface area (Å²) < 4.78 is 0. The van der Waals surface area contributed by atoms with Crippen molar-refractivity contribution in [3.05, 3.63) is 33.9 Å². The lowest BCUT2D eigenvalue weighted by Gasteiger charge is -2.12. The minimum atomic E-state index is -0.972. The Kier molecular flexibility index (Phi) is 4.41. The van der Waals surface area contributed by atoms with Gasteiger partial charge in [-0.2, -0.15) is 0 Å². The molecule has 1 aliphatic carbocycles. The van der Waals surface area contributed by atoms with Gasteiger partial charge in [0.2, 0.25) is 0 Å². The van der Waals surface area contributed by atoms with Gasteiger partial charge in [-0.05, 0) is 31.4 Å². The number of nitro benzene ring substituents is 1. The molecular weight excluding hydrogens is 290 g/mol. The topological polar surface area (TPSA) is 122 Å². The Morgan fingerprint density at radius 3 is 2.59 bits per heavy atom. The summed E-state index contributed by atoms with van der Waals surface area (Å²) in [6.45, 7) is 1.86. The average Bonchev–Trinajstić information content (AvgIpc) is 3.27. The predicted octanol–water partition coefficient (Wildman–Crippen LogP) is 0.730. The highest BCUT2D eigenvalue weighted by Crippen LogP contribution is 2.44. The Hall–Kier alpha value is -2.48. The molecule has 0 aliphatic heterocycles. The van der Waals surface area contributed by atoms with Crippen LogP contribution in [-0.2, 0) is 9.59 Å². The lowest BCUT2D eigenvalue weighted by atomic mass is 10.1. The van der Waals surface area contributed by atoms with Crippen LogP contribution in [0.1, 0.15) is 18.4 Å². The van der Waals surface area contributed by atoms with Crippen LogP contribution < -0.4 is 10.6 Å². The third-order valence-corrected chi connectivity index (χ3v) is 3.72. The first-order chi connectivity index (χ1) is 10.4. The highest BCUT2D eigenvalue weighted by atomic mass is 16.6. The van der Waals surface area contributed by atoms with Crippen LogP contribution in [0.4, 0.5) is 11.4 Å². The fourth-order valence-electron chi connectivity index (χ4n) is 1.99. The second-order valence-corrected chi connectivity index (χ2v) is 5.57. The molecule has 118 valence electrons. The summed E-state index contributed by atoms with van der Waals surface area (Å²) in [4.78, 5) is 33.8. The van der Waals surface area contributed by atoms with E-state index in [0.29, 0.717) is 5.56 Å². The van der Waals surface area contributed by atoms with E-state index in [1.54, 1.807) is 13.0 Å². The van der Waals surface area contributed by atoms with E-state index in [2.05, 4.69) is 10.6 Å². The summed E-state index contributed by atoms with van der Waals surface area (Å²) in [7, 11) is 0. The Labute approximate surface area is 126 Å². The molecule has 0 aromatic heterocycles. The van der Waals surface area contributed by atoms with Gasteiger partial charge in [0.15, 0.2) is 0 Å². The van der Waals surface area contributed by atoms with Gasteiger partial charge in [0.05, 0.1) is 11.5 Å². The Morgan fingerprint density at radius 2 is 2.05 bits per heavy atom. The minimum Gasteiger partial charge on any atom is -0.396 e. The number of nitrogens with one attached hydrogen (secondary N) is 2. The van der Waals surface area contributed by atoms with Crippen LogP contribution in [0.2, 0.25) is 0 Å². The number of nitrogens with zero attached hydrogens (tertiary/aromatic N) is 1. The second kappa shape index (κ2) is 6.10. The molecule has 0 heterocycles. The van der Waals surface area contributed by atoms with Crippen molar-refractivity contribution in [2.45, 2.75) is 19.8 Å². The van der Waals surface area contributed by atoms with Crippen molar-refractivity contribution in [2.75, 3.05) is 18.5 Å². The zero-order valence-corrected chi connectivity index (χ0v) is 12.1. The van der Waals surface area contributed by atoms with Crippen LogP contribution in [0.15, 0.2) is 18.2 Å². The van der Waals surface area contributed by atoms with E-state index < -0.39 is 16.7 Å². The quantitative estimate of drug-likeness (QED) is 0.420. The van der Waals surface area contributed by atoms with Crippen molar-refractivity contribution in [2.24, 2.45) is 5.41 Å². The van der Waals surface area contributed by atoms with E-state index in [1.165, 1.54) is 12.1 Å². The molecule has 0 radical (unpaired) electrons. The standard InChI is InChI=1S/C14H17N3O5/c1-9-2-3-10(11(6-9)17(21)22)16-13(20)12(19)15-7-14(8-18)4-5-14/h2-3,6,18H,4-5,7-8H2,1H3,(H,15,19)(H,16,20). The molecule has 2 rings (SSSR count). The summed E-state index contributed by atoms with van der Waals surface area (Å²) in [5.74, 6) is -1.85. The SMILES string of the molecule is Cc1ccc(NC(=O)C(=O)NCC2(CO)CC2)c([N+](=O)[O-])c1. The van der Waals surface area contributed by atoms with Crippen molar-refractivity contribution in [1.29, 1.82) is 0 Å². The number of carbonyl (C=O) groups excluding carboxylic acids is 2. The summed E-state index contributed by atoms with van der Waals surface area (Å²) in [5.41, 5.74) is 0.0631. The molecule has 8 nitrogen and oxygen atoms in total. The van der Waals surface area contributed by atoms with Crippen LogP contribution in [-0.4, -0.2) is 35.0 Å². The van der Waals surface area contributed by atoms with Gasteiger partial charge in [0.25, 0.3) is 5.69 Å². The van der Waals surface area contributed by atoms with Crippen molar-refractivity contribution in [3.63, 3.8) is 0 Å². The van der Waals surface area contributed by atoms with Crippen molar-refractivity contribution >= 4 is 23.2 Å². The molecule has 1 saturated carbocycles. The zero-order chi connectivity index (χ0) is 16.3. The number of hydrogen-bond acceptors (Lipinski definition) is 5. The molecule has 8 heteroatoms. The van der Waals surface area contributed by atoms with Crippen LogP contribution in [0.3, 0.4) is 0 Å². The van der Waals surface area contributed by atoms with Crippen LogP contribution >= 0.6 is 0 Å². The summed E-state index contributed by atoms with van der Waals surface area (Å²) >= 11 is 0. The van der Waals surface area contributed by atoms with Crippen LogP contribution in [0, 0.1) is 22.5 Å².